The molecule has 0 spiro atoms. The molecule has 0 aliphatic carbocycles. The van der Waals surface area contributed by atoms with Crippen molar-refractivity contribution in [2.75, 3.05) is 0 Å². The first-order valence-electron chi connectivity index (χ1n) is 11.6. The number of rotatable bonds is 18. The molecule has 3 heteroatoms. The van der Waals surface area contributed by atoms with Gasteiger partial charge in [0, 0.05) is 0 Å². The molecule has 1 aromatic rings. The lowest BCUT2D eigenvalue weighted by molar-refractivity contribution is -0.117. The van der Waals surface area contributed by atoms with E-state index in [2.05, 4.69) is 13.0 Å². The Morgan fingerprint density at radius 2 is 1.39 bits per heavy atom. The fraction of sp³-hybridized carbons (Fsp3) is 0.720. The number of hydrogen-bond acceptors (Lipinski definition) is 2. The summed E-state index contributed by atoms with van der Waals surface area (Å²) >= 11 is 5.57. The molecule has 0 aromatic heterocycles. The highest BCUT2D eigenvalue weighted by Crippen LogP contribution is 2.19. The van der Waals surface area contributed by atoms with Crippen molar-refractivity contribution in [2.45, 2.75) is 116 Å². The van der Waals surface area contributed by atoms with Crippen LogP contribution in [0.4, 0.5) is 0 Å². The molecule has 1 rings (SSSR count). The maximum absolute atomic E-state index is 11.3. The second kappa shape index (κ2) is 16.9. The number of hydrogen-bond donors (Lipinski definition) is 0. The van der Waals surface area contributed by atoms with Crippen LogP contribution in [0.5, 0.6) is 5.75 Å². The molecule has 0 heterocycles. The van der Waals surface area contributed by atoms with Crippen molar-refractivity contribution in [2.24, 2.45) is 0 Å². The maximum atomic E-state index is 11.3. The monoisotopic (exact) mass is 408 g/mol. The Hall–Kier alpha value is -1.02. The number of carbonyl (C=O) groups is 1. The maximum Gasteiger partial charge on any atom is 0.262 e. The van der Waals surface area contributed by atoms with Gasteiger partial charge in [-0.3, -0.25) is 4.79 Å². The van der Waals surface area contributed by atoms with Gasteiger partial charge in [0.2, 0.25) is 0 Å². The lowest BCUT2D eigenvalue weighted by Crippen LogP contribution is -2.22. The van der Waals surface area contributed by atoms with Crippen LogP contribution in [-0.2, 0) is 11.2 Å². The third kappa shape index (κ3) is 12.4. The average Bonchev–Trinajstić information content (AvgIpc) is 2.69. The number of carbonyl (C=O) groups excluding carboxylic acids is 1. The molecule has 0 aliphatic heterocycles. The molecule has 0 aliphatic rings. The average molecular weight is 409 g/mol. The van der Waals surface area contributed by atoms with Crippen LogP contribution in [0.15, 0.2) is 24.3 Å². The Bertz CT molecular complexity index is 515. The standard InChI is InChI=1S/C25H41ClO2/c1-3-5-6-7-8-9-10-11-12-13-14-15-16-18-22-19-17-20-23(21-22)28-24(4-2)25(26)27/h17,19-21,24H,3-16,18H2,1-2H3. The van der Waals surface area contributed by atoms with Gasteiger partial charge in [0.25, 0.3) is 5.24 Å². The van der Waals surface area contributed by atoms with E-state index < -0.39 is 11.3 Å². The number of benzene rings is 1. The van der Waals surface area contributed by atoms with Crippen molar-refractivity contribution in [1.29, 1.82) is 0 Å². The second-order valence-electron chi connectivity index (χ2n) is 7.96. The van der Waals surface area contributed by atoms with Crippen LogP contribution in [0, 0.1) is 0 Å². The van der Waals surface area contributed by atoms with E-state index in [4.69, 9.17) is 16.3 Å². The Morgan fingerprint density at radius 1 is 0.857 bits per heavy atom. The van der Waals surface area contributed by atoms with Crippen molar-refractivity contribution < 1.29 is 9.53 Å². The first kappa shape index (κ1) is 25.0. The summed E-state index contributed by atoms with van der Waals surface area (Å²) in [6, 6.07) is 8.08. The normalized spacial score (nSPS) is 12.1. The largest absolute Gasteiger partial charge is 0.481 e. The van der Waals surface area contributed by atoms with E-state index in [-0.39, 0.29) is 0 Å². The van der Waals surface area contributed by atoms with Crippen molar-refractivity contribution in [3.8, 4) is 5.75 Å². The zero-order valence-electron chi connectivity index (χ0n) is 18.2. The van der Waals surface area contributed by atoms with Gasteiger partial charge in [0.05, 0.1) is 0 Å². The molecule has 1 aromatic carbocycles. The van der Waals surface area contributed by atoms with Crippen LogP contribution in [0.2, 0.25) is 0 Å². The number of halogens is 1. The van der Waals surface area contributed by atoms with Gasteiger partial charge in [0.1, 0.15) is 5.75 Å². The fourth-order valence-electron chi connectivity index (χ4n) is 3.58. The molecule has 28 heavy (non-hydrogen) atoms. The highest BCUT2D eigenvalue weighted by Gasteiger charge is 2.15. The predicted molar refractivity (Wildman–Crippen MR) is 121 cm³/mol. The summed E-state index contributed by atoms with van der Waals surface area (Å²) in [7, 11) is 0. The number of unbranched alkanes of at least 4 members (excludes halogenated alkanes) is 12. The SMILES string of the molecule is CCCCCCCCCCCCCCCc1cccc(OC(CC)C(=O)Cl)c1. The highest BCUT2D eigenvalue weighted by atomic mass is 35.5. The number of aryl methyl sites for hydroxylation is 1. The minimum Gasteiger partial charge on any atom is -0.481 e. The summed E-state index contributed by atoms with van der Waals surface area (Å²) in [6.45, 7) is 4.18. The van der Waals surface area contributed by atoms with E-state index in [0.29, 0.717) is 6.42 Å². The minimum absolute atomic E-state index is 0.426. The molecule has 1 atom stereocenters. The molecule has 0 N–H and O–H groups in total. The summed E-state index contributed by atoms with van der Waals surface area (Å²) in [5.74, 6) is 0.744. The van der Waals surface area contributed by atoms with Gasteiger partial charge in [0.15, 0.2) is 6.10 Å². The van der Waals surface area contributed by atoms with Crippen LogP contribution in [0.3, 0.4) is 0 Å². The van der Waals surface area contributed by atoms with Gasteiger partial charge in [-0.1, -0.05) is 103 Å². The van der Waals surface area contributed by atoms with Gasteiger partial charge in [-0.15, -0.1) is 0 Å². The molecule has 0 amide bonds. The topological polar surface area (TPSA) is 26.3 Å². The van der Waals surface area contributed by atoms with Crippen LogP contribution >= 0.6 is 11.6 Å². The van der Waals surface area contributed by atoms with Crippen molar-refractivity contribution >= 4 is 16.8 Å². The molecule has 0 saturated heterocycles. The Labute approximate surface area is 178 Å². The molecule has 160 valence electrons. The van der Waals surface area contributed by atoms with Gasteiger partial charge in [-0.25, -0.2) is 0 Å². The number of ether oxygens (including phenoxy) is 1. The summed E-state index contributed by atoms with van der Waals surface area (Å²) in [5.41, 5.74) is 1.28. The zero-order chi connectivity index (χ0) is 20.5. The smallest absolute Gasteiger partial charge is 0.262 e. The van der Waals surface area contributed by atoms with E-state index in [1.807, 2.05) is 25.1 Å². The molecule has 0 bridgehead atoms. The summed E-state index contributed by atoms with van der Waals surface area (Å²) < 4.78 is 5.70. The van der Waals surface area contributed by atoms with E-state index in [1.165, 1.54) is 89.0 Å². The van der Waals surface area contributed by atoms with Crippen molar-refractivity contribution in [3.63, 3.8) is 0 Å². The first-order chi connectivity index (χ1) is 13.7. The summed E-state index contributed by atoms with van der Waals surface area (Å²) in [5, 5.41) is -0.426. The van der Waals surface area contributed by atoms with Gasteiger partial charge >= 0.3 is 0 Å². The lowest BCUT2D eigenvalue weighted by Gasteiger charge is -2.14. The van der Waals surface area contributed by atoms with Crippen LogP contribution in [-0.4, -0.2) is 11.3 Å². The second-order valence-corrected chi connectivity index (χ2v) is 8.33. The van der Waals surface area contributed by atoms with E-state index in [9.17, 15) is 4.79 Å². The molecular weight excluding hydrogens is 368 g/mol. The first-order valence-corrected chi connectivity index (χ1v) is 12.0. The third-order valence-corrected chi connectivity index (χ3v) is 5.61. The Kier molecular flexibility index (Phi) is 15.1. The third-order valence-electron chi connectivity index (χ3n) is 5.37. The van der Waals surface area contributed by atoms with E-state index in [1.54, 1.807) is 0 Å². The molecule has 0 fully saturated rings. The van der Waals surface area contributed by atoms with Crippen molar-refractivity contribution in [1.82, 2.24) is 0 Å². The fourth-order valence-corrected chi connectivity index (χ4v) is 3.77. The predicted octanol–water partition coefficient (Wildman–Crippen LogP) is 8.24. The molecule has 0 radical (unpaired) electrons. The highest BCUT2D eigenvalue weighted by molar-refractivity contribution is 6.64. The summed E-state index contributed by atoms with van der Waals surface area (Å²) in [4.78, 5) is 11.3. The molecule has 2 nitrogen and oxygen atoms in total. The Balaban J connectivity index is 2.04. The molecular formula is C25H41ClO2. The molecule has 0 saturated carbocycles. The Morgan fingerprint density at radius 3 is 1.89 bits per heavy atom. The zero-order valence-corrected chi connectivity index (χ0v) is 18.9. The van der Waals surface area contributed by atoms with Crippen LogP contribution in [0.25, 0.3) is 0 Å². The molecule has 1 unspecified atom stereocenters. The van der Waals surface area contributed by atoms with Gasteiger partial charge < -0.3 is 4.74 Å². The van der Waals surface area contributed by atoms with E-state index >= 15 is 0 Å². The van der Waals surface area contributed by atoms with Crippen molar-refractivity contribution in [3.05, 3.63) is 29.8 Å². The lowest BCUT2D eigenvalue weighted by atomic mass is 10.0. The van der Waals surface area contributed by atoms with Gasteiger partial charge in [-0.2, -0.15) is 0 Å². The van der Waals surface area contributed by atoms with Crippen LogP contribution < -0.4 is 4.74 Å². The van der Waals surface area contributed by atoms with Gasteiger partial charge in [-0.05, 0) is 48.6 Å². The minimum atomic E-state index is -0.548. The summed E-state index contributed by atoms with van der Waals surface area (Å²) in [6.07, 6.45) is 19.0. The van der Waals surface area contributed by atoms with E-state index in [0.717, 1.165) is 12.2 Å². The van der Waals surface area contributed by atoms with Crippen LogP contribution in [0.1, 0.15) is 109 Å². The quantitative estimate of drug-likeness (QED) is 0.180.